The molecule has 0 spiro atoms. The minimum atomic E-state index is -0.136. The predicted octanol–water partition coefficient (Wildman–Crippen LogP) is 2.44. The van der Waals surface area contributed by atoms with Crippen LogP contribution in [0.5, 0.6) is 5.75 Å². The van der Waals surface area contributed by atoms with Crippen LogP contribution in [-0.2, 0) is 11.3 Å². The minimum absolute atomic E-state index is 0.136. The van der Waals surface area contributed by atoms with Crippen LogP contribution < -0.4 is 20.7 Å². The zero-order chi connectivity index (χ0) is 21.6. The molecule has 0 aromatic heterocycles. The SMILES string of the molecule is CN=C(NCCNC(=O)c1cccc(OC)c1)NCC(C)COCc1ccccc1. The zero-order valence-electron chi connectivity index (χ0n) is 18.0. The first-order valence-corrected chi connectivity index (χ1v) is 10.1. The van der Waals surface area contributed by atoms with E-state index in [2.05, 4.69) is 40.0 Å². The molecule has 0 saturated heterocycles. The van der Waals surface area contributed by atoms with E-state index < -0.39 is 0 Å². The van der Waals surface area contributed by atoms with Crippen LogP contribution in [0.4, 0.5) is 0 Å². The molecule has 2 aromatic carbocycles. The Morgan fingerprint density at radius 3 is 2.53 bits per heavy atom. The molecule has 0 heterocycles. The number of ether oxygens (including phenoxy) is 2. The largest absolute Gasteiger partial charge is 0.497 e. The summed E-state index contributed by atoms with van der Waals surface area (Å²) in [6.07, 6.45) is 0. The van der Waals surface area contributed by atoms with Crippen molar-refractivity contribution < 1.29 is 14.3 Å². The lowest BCUT2D eigenvalue weighted by molar-refractivity contribution is 0.0930. The number of hydrogen-bond donors (Lipinski definition) is 3. The average Bonchev–Trinajstić information content (AvgIpc) is 2.79. The zero-order valence-corrected chi connectivity index (χ0v) is 18.0. The van der Waals surface area contributed by atoms with Crippen molar-refractivity contribution >= 4 is 11.9 Å². The molecule has 7 heteroatoms. The molecular weight excluding hydrogens is 380 g/mol. The predicted molar refractivity (Wildman–Crippen MR) is 120 cm³/mol. The van der Waals surface area contributed by atoms with Crippen molar-refractivity contribution in [3.05, 3.63) is 65.7 Å². The van der Waals surface area contributed by atoms with E-state index in [-0.39, 0.29) is 5.91 Å². The summed E-state index contributed by atoms with van der Waals surface area (Å²) in [4.78, 5) is 16.4. The lowest BCUT2D eigenvalue weighted by Gasteiger charge is -2.16. The van der Waals surface area contributed by atoms with Gasteiger partial charge in [0.1, 0.15) is 5.75 Å². The number of carbonyl (C=O) groups is 1. The highest BCUT2D eigenvalue weighted by molar-refractivity contribution is 5.94. The molecule has 0 aliphatic carbocycles. The number of nitrogens with zero attached hydrogens (tertiary/aromatic N) is 1. The van der Waals surface area contributed by atoms with Gasteiger partial charge in [-0.1, -0.05) is 43.3 Å². The smallest absolute Gasteiger partial charge is 0.251 e. The Balaban J connectivity index is 1.60. The fraction of sp³-hybridized carbons (Fsp3) is 0.391. The Morgan fingerprint density at radius 1 is 1.03 bits per heavy atom. The van der Waals surface area contributed by atoms with Crippen LogP contribution in [0.3, 0.4) is 0 Å². The monoisotopic (exact) mass is 412 g/mol. The molecule has 2 aromatic rings. The number of nitrogens with one attached hydrogen (secondary N) is 3. The Bertz CT molecular complexity index is 796. The van der Waals surface area contributed by atoms with E-state index in [1.807, 2.05) is 24.3 Å². The topological polar surface area (TPSA) is 84.0 Å². The van der Waals surface area contributed by atoms with Gasteiger partial charge in [0.15, 0.2) is 5.96 Å². The number of hydrogen-bond acceptors (Lipinski definition) is 4. The summed E-state index contributed by atoms with van der Waals surface area (Å²) in [5, 5.41) is 9.36. The number of rotatable bonds is 11. The van der Waals surface area contributed by atoms with E-state index >= 15 is 0 Å². The third-order valence-electron chi connectivity index (χ3n) is 4.39. The summed E-state index contributed by atoms with van der Waals surface area (Å²) in [7, 11) is 3.30. The highest BCUT2D eigenvalue weighted by atomic mass is 16.5. The third kappa shape index (κ3) is 8.53. The number of amides is 1. The van der Waals surface area contributed by atoms with Gasteiger partial charge >= 0.3 is 0 Å². The number of methoxy groups -OCH3 is 1. The second kappa shape index (κ2) is 13.2. The summed E-state index contributed by atoms with van der Waals surface area (Å²) in [5.41, 5.74) is 1.74. The van der Waals surface area contributed by atoms with Crippen LogP contribution >= 0.6 is 0 Å². The van der Waals surface area contributed by atoms with Crippen molar-refractivity contribution in [3.63, 3.8) is 0 Å². The van der Waals surface area contributed by atoms with Crippen LogP contribution in [0.2, 0.25) is 0 Å². The molecule has 0 aliphatic rings. The molecule has 1 unspecified atom stereocenters. The van der Waals surface area contributed by atoms with Gasteiger partial charge in [-0.2, -0.15) is 0 Å². The number of benzene rings is 2. The molecule has 7 nitrogen and oxygen atoms in total. The molecule has 162 valence electrons. The summed E-state index contributed by atoms with van der Waals surface area (Å²) in [6, 6.07) is 17.2. The van der Waals surface area contributed by atoms with Crippen LogP contribution in [0.15, 0.2) is 59.6 Å². The van der Waals surface area contributed by atoms with E-state index in [4.69, 9.17) is 9.47 Å². The lowest BCUT2D eigenvalue weighted by atomic mass is 10.2. The molecule has 0 radical (unpaired) electrons. The van der Waals surface area contributed by atoms with Gasteiger partial charge in [0.05, 0.1) is 20.3 Å². The van der Waals surface area contributed by atoms with Crippen molar-refractivity contribution in [1.82, 2.24) is 16.0 Å². The van der Waals surface area contributed by atoms with Crippen molar-refractivity contribution in [2.45, 2.75) is 13.5 Å². The van der Waals surface area contributed by atoms with Gasteiger partial charge in [0, 0.05) is 32.2 Å². The normalized spacial score (nSPS) is 12.2. The molecule has 2 rings (SSSR count). The van der Waals surface area contributed by atoms with Gasteiger partial charge in [-0.25, -0.2) is 0 Å². The van der Waals surface area contributed by atoms with Gasteiger partial charge in [-0.05, 0) is 29.7 Å². The molecule has 1 amide bonds. The van der Waals surface area contributed by atoms with Crippen molar-refractivity contribution in [3.8, 4) is 5.75 Å². The fourth-order valence-corrected chi connectivity index (χ4v) is 2.73. The number of aliphatic imine (C=N–C) groups is 1. The lowest BCUT2D eigenvalue weighted by Crippen LogP contribution is -2.43. The first-order chi connectivity index (χ1) is 14.6. The second-order valence-corrected chi connectivity index (χ2v) is 6.97. The van der Waals surface area contributed by atoms with Gasteiger partial charge in [-0.3, -0.25) is 9.79 Å². The first kappa shape index (κ1) is 23.2. The van der Waals surface area contributed by atoms with E-state index in [9.17, 15) is 4.79 Å². The van der Waals surface area contributed by atoms with E-state index in [1.165, 1.54) is 5.56 Å². The van der Waals surface area contributed by atoms with Crippen LogP contribution in [0.25, 0.3) is 0 Å². The summed E-state index contributed by atoms with van der Waals surface area (Å²) in [6.45, 7) is 5.19. The first-order valence-electron chi connectivity index (χ1n) is 10.1. The van der Waals surface area contributed by atoms with Gasteiger partial charge in [0.25, 0.3) is 5.91 Å². The van der Waals surface area contributed by atoms with Gasteiger partial charge in [-0.15, -0.1) is 0 Å². The van der Waals surface area contributed by atoms with Crippen LogP contribution in [-0.4, -0.2) is 52.3 Å². The van der Waals surface area contributed by atoms with Gasteiger partial charge in [0.2, 0.25) is 0 Å². The molecule has 0 aliphatic heterocycles. The Kier molecular flexibility index (Phi) is 10.2. The molecular formula is C23H32N4O3. The Hall–Kier alpha value is -3.06. The average molecular weight is 413 g/mol. The summed E-state index contributed by atoms with van der Waals surface area (Å²) >= 11 is 0. The van der Waals surface area contributed by atoms with Crippen LogP contribution in [0.1, 0.15) is 22.8 Å². The highest BCUT2D eigenvalue weighted by Crippen LogP contribution is 2.12. The highest BCUT2D eigenvalue weighted by Gasteiger charge is 2.07. The van der Waals surface area contributed by atoms with Crippen molar-refractivity contribution in [1.29, 1.82) is 0 Å². The van der Waals surface area contributed by atoms with Crippen molar-refractivity contribution in [2.24, 2.45) is 10.9 Å². The molecule has 30 heavy (non-hydrogen) atoms. The Labute approximate surface area is 178 Å². The molecule has 0 saturated carbocycles. The molecule has 0 bridgehead atoms. The van der Waals surface area contributed by atoms with Crippen LogP contribution in [0, 0.1) is 5.92 Å². The maximum Gasteiger partial charge on any atom is 0.251 e. The summed E-state index contributed by atoms with van der Waals surface area (Å²) < 4.78 is 10.9. The second-order valence-electron chi connectivity index (χ2n) is 6.97. The Morgan fingerprint density at radius 2 is 1.80 bits per heavy atom. The van der Waals surface area contributed by atoms with E-state index in [0.717, 1.165) is 6.54 Å². The third-order valence-corrected chi connectivity index (χ3v) is 4.39. The number of guanidine groups is 1. The fourth-order valence-electron chi connectivity index (χ4n) is 2.73. The number of carbonyl (C=O) groups excluding carboxylic acids is 1. The quantitative estimate of drug-likeness (QED) is 0.300. The molecule has 3 N–H and O–H groups in total. The minimum Gasteiger partial charge on any atom is -0.497 e. The maximum absolute atomic E-state index is 12.2. The maximum atomic E-state index is 12.2. The summed E-state index contributed by atoms with van der Waals surface area (Å²) in [5.74, 6) is 1.55. The molecule has 1 atom stereocenters. The standard InChI is InChI=1S/C23H32N4O3/c1-18(16-30-17-19-8-5-4-6-9-19)15-27-23(24-2)26-13-12-25-22(28)20-10-7-11-21(14-20)29-3/h4-11,14,18H,12-13,15-17H2,1-3H3,(H,25,28)(H2,24,26,27). The van der Waals surface area contributed by atoms with Gasteiger partial charge < -0.3 is 25.4 Å². The van der Waals surface area contributed by atoms with E-state index in [0.29, 0.717) is 49.5 Å². The van der Waals surface area contributed by atoms with Crippen molar-refractivity contribution in [2.75, 3.05) is 40.4 Å². The van der Waals surface area contributed by atoms with E-state index in [1.54, 1.807) is 32.4 Å². The molecule has 0 fully saturated rings.